The Bertz CT molecular complexity index is 967. The molecule has 3 aliphatic heterocycles. The van der Waals surface area contributed by atoms with Gasteiger partial charge in [-0.3, -0.25) is 14.5 Å². The lowest BCUT2D eigenvalue weighted by atomic mass is 9.88. The van der Waals surface area contributed by atoms with Gasteiger partial charge in [0.1, 0.15) is 0 Å². The van der Waals surface area contributed by atoms with Gasteiger partial charge in [-0.1, -0.05) is 32.9 Å². The molecule has 3 heterocycles. The summed E-state index contributed by atoms with van der Waals surface area (Å²) in [5.74, 6) is -0.246. The molecule has 0 spiro atoms. The van der Waals surface area contributed by atoms with E-state index in [2.05, 4.69) is 11.8 Å². The van der Waals surface area contributed by atoms with Crippen LogP contribution in [0.2, 0.25) is 0 Å². The minimum atomic E-state index is -3.67. The molecule has 0 unspecified atom stereocenters. The molecule has 8 heteroatoms. The number of fused-ring (bicyclic) bond motifs is 1. The lowest BCUT2D eigenvalue weighted by Gasteiger charge is -2.30. The number of carbonyl (C=O) groups excluding carboxylic acids is 2. The van der Waals surface area contributed by atoms with Crippen LogP contribution in [0, 0.1) is 17.8 Å². The van der Waals surface area contributed by atoms with Gasteiger partial charge in [0, 0.05) is 18.7 Å². The average Bonchev–Trinajstić information content (AvgIpc) is 3.25. The molecule has 0 aromatic heterocycles. The second kappa shape index (κ2) is 8.78. The third kappa shape index (κ3) is 4.31. The highest BCUT2D eigenvalue weighted by Crippen LogP contribution is 2.41. The SMILES string of the molecule is CC1CCN(Cc2ccc(C(=O)N3CC[C@H]4[C@H]3[C@@H](C(C)C)C(=O)N4S(C)(=O)=O)cc2)CC1. The topological polar surface area (TPSA) is 78.0 Å². The summed E-state index contributed by atoms with van der Waals surface area (Å²) in [4.78, 5) is 30.6. The van der Waals surface area contributed by atoms with Crippen LogP contribution in [0.3, 0.4) is 0 Å². The molecular formula is C24H35N3O4S. The van der Waals surface area contributed by atoms with Crippen LogP contribution in [0.1, 0.15) is 56.0 Å². The van der Waals surface area contributed by atoms with E-state index in [0.29, 0.717) is 18.5 Å². The molecule has 1 aromatic carbocycles. The van der Waals surface area contributed by atoms with Crippen LogP contribution >= 0.6 is 0 Å². The number of sulfonamides is 1. The predicted octanol–water partition coefficient (Wildman–Crippen LogP) is 2.58. The fourth-order valence-electron chi connectivity index (χ4n) is 5.67. The fraction of sp³-hybridized carbons (Fsp3) is 0.667. The highest BCUT2D eigenvalue weighted by Gasteiger charge is 2.58. The van der Waals surface area contributed by atoms with Crippen molar-refractivity contribution in [2.24, 2.45) is 17.8 Å². The summed E-state index contributed by atoms with van der Waals surface area (Å²) < 4.78 is 25.7. The minimum absolute atomic E-state index is 0.0511. The molecule has 0 N–H and O–H groups in total. The van der Waals surface area contributed by atoms with Crippen molar-refractivity contribution in [3.05, 3.63) is 35.4 Å². The Morgan fingerprint density at radius 3 is 2.25 bits per heavy atom. The van der Waals surface area contributed by atoms with Crippen LogP contribution in [-0.4, -0.2) is 72.3 Å². The van der Waals surface area contributed by atoms with Gasteiger partial charge in [-0.2, -0.15) is 0 Å². The van der Waals surface area contributed by atoms with Crippen molar-refractivity contribution in [3.8, 4) is 0 Å². The van der Waals surface area contributed by atoms with Gasteiger partial charge in [0.25, 0.3) is 5.91 Å². The molecule has 0 radical (unpaired) electrons. The van der Waals surface area contributed by atoms with Crippen LogP contribution < -0.4 is 0 Å². The molecule has 176 valence electrons. The lowest BCUT2D eigenvalue weighted by molar-refractivity contribution is -0.129. The smallest absolute Gasteiger partial charge is 0.254 e. The number of nitrogens with zero attached hydrogens (tertiary/aromatic N) is 3. The van der Waals surface area contributed by atoms with Crippen LogP contribution in [0.4, 0.5) is 0 Å². The number of carbonyl (C=O) groups is 2. The number of rotatable bonds is 5. The molecule has 3 aliphatic rings. The maximum absolute atomic E-state index is 13.4. The van der Waals surface area contributed by atoms with Gasteiger partial charge < -0.3 is 4.90 Å². The van der Waals surface area contributed by atoms with Crippen LogP contribution in [-0.2, 0) is 21.4 Å². The van der Waals surface area contributed by atoms with Gasteiger partial charge in [0.15, 0.2) is 0 Å². The number of piperidine rings is 1. The van der Waals surface area contributed by atoms with Crippen molar-refractivity contribution >= 4 is 21.8 Å². The monoisotopic (exact) mass is 461 g/mol. The largest absolute Gasteiger partial charge is 0.333 e. The van der Waals surface area contributed by atoms with Crippen molar-refractivity contribution in [2.75, 3.05) is 25.9 Å². The maximum Gasteiger partial charge on any atom is 0.254 e. The number of benzene rings is 1. The third-order valence-corrected chi connectivity index (χ3v) is 8.58. The first-order valence-electron chi connectivity index (χ1n) is 11.7. The van der Waals surface area contributed by atoms with E-state index >= 15 is 0 Å². The van der Waals surface area contributed by atoms with Crippen molar-refractivity contribution in [1.82, 2.24) is 14.1 Å². The maximum atomic E-state index is 13.4. The molecule has 3 fully saturated rings. The molecule has 32 heavy (non-hydrogen) atoms. The van der Waals surface area contributed by atoms with Gasteiger partial charge in [-0.15, -0.1) is 0 Å². The van der Waals surface area contributed by atoms with Gasteiger partial charge in [-0.25, -0.2) is 12.7 Å². The Balaban J connectivity index is 1.50. The summed E-state index contributed by atoms with van der Waals surface area (Å²) in [6.45, 7) is 9.72. The van der Waals surface area contributed by atoms with Crippen molar-refractivity contribution in [1.29, 1.82) is 0 Å². The van der Waals surface area contributed by atoms with Crippen LogP contribution in [0.15, 0.2) is 24.3 Å². The van der Waals surface area contributed by atoms with Crippen molar-refractivity contribution < 1.29 is 18.0 Å². The zero-order valence-corrected chi connectivity index (χ0v) is 20.3. The molecule has 0 bridgehead atoms. The fourth-order valence-corrected chi connectivity index (χ4v) is 6.84. The number of hydrogen-bond donors (Lipinski definition) is 0. The molecule has 3 atom stereocenters. The molecule has 0 saturated carbocycles. The molecule has 4 rings (SSSR count). The normalized spacial score (nSPS) is 27.4. The standard InChI is InChI=1S/C24H35N3O4S/c1-16(2)21-22-20(27(24(21)29)32(4,30)31)11-14-26(22)23(28)19-7-5-18(6-8-19)15-25-12-9-17(3)10-13-25/h5-8,16-17,20-22H,9-15H2,1-4H3/t20-,21+,22-/m0/s1. The first-order chi connectivity index (χ1) is 15.1. The van der Waals surface area contributed by atoms with Gasteiger partial charge in [-0.05, 0) is 61.9 Å². The molecule has 7 nitrogen and oxygen atoms in total. The predicted molar refractivity (Wildman–Crippen MR) is 123 cm³/mol. The summed E-state index contributed by atoms with van der Waals surface area (Å²) in [5, 5.41) is 0. The highest BCUT2D eigenvalue weighted by molar-refractivity contribution is 7.88. The van der Waals surface area contributed by atoms with Crippen molar-refractivity contribution in [2.45, 2.75) is 58.7 Å². The highest BCUT2D eigenvalue weighted by atomic mass is 32.2. The first-order valence-corrected chi connectivity index (χ1v) is 13.6. The molecular weight excluding hydrogens is 426 g/mol. The van der Waals surface area contributed by atoms with Gasteiger partial charge >= 0.3 is 0 Å². The Morgan fingerprint density at radius 2 is 1.69 bits per heavy atom. The van der Waals surface area contributed by atoms with E-state index in [0.717, 1.165) is 36.1 Å². The summed E-state index contributed by atoms with van der Waals surface area (Å²) in [5.41, 5.74) is 1.78. The van der Waals surface area contributed by atoms with Crippen LogP contribution in [0.5, 0.6) is 0 Å². The molecule has 2 amide bonds. The van der Waals surface area contributed by atoms with E-state index in [9.17, 15) is 18.0 Å². The summed E-state index contributed by atoms with van der Waals surface area (Å²) in [6.07, 6.45) is 4.03. The van der Waals surface area contributed by atoms with E-state index in [4.69, 9.17) is 0 Å². The first kappa shape index (κ1) is 23.2. The molecule has 1 aromatic rings. The zero-order chi connectivity index (χ0) is 23.2. The van der Waals surface area contributed by atoms with E-state index in [-0.39, 0.29) is 17.7 Å². The van der Waals surface area contributed by atoms with Gasteiger partial charge in [0.2, 0.25) is 15.9 Å². The minimum Gasteiger partial charge on any atom is -0.333 e. The van der Waals surface area contributed by atoms with Gasteiger partial charge in [0.05, 0.1) is 24.3 Å². The molecule has 3 saturated heterocycles. The summed E-state index contributed by atoms with van der Waals surface area (Å²) in [7, 11) is -3.67. The Hall–Kier alpha value is -1.93. The Kier molecular flexibility index (Phi) is 6.38. The lowest BCUT2D eigenvalue weighted by Crippen LogP contribution is -2.44. The van der Waals surface area contributed by atoms with E-state index in [1.54, 1.807) is 4.90 Å². The average molecular weight is 462 g/mol. The van der Waals surface area contributed by atoms with Crippen LogP contribution in [0.25, 0.3) is 0 Å². The number of amides is 2. The zero-order valence-electron chi connectivity index (χ0n) is 19.5. The summed E-state index contributed by atoms with van der Waals surface area (Å²) in [6, 6.07) is 6.90. The van der Waals surface area contributed by atoms with Crippen molar-refractivity contribution in [3.63, 3.8) is 0 Å². The van der Waals surface area contributed by atoms with E-state index in [1.807, 2.05) is 38.1 Å². The summed E-state index contributed by atoms with van der Waals surface area (Å²) >= 11 is 0. The third-order valence-electron chi connectivity index (χ3n) is 7.41. The second-order valence-corrected chi connectivity index (χ2v) is 12.0. The quantitative estimate of drug-likeness (QED) is 0.674. The Labute approximate surface area is 191 Å². The van der Waals surface area contributed by atoms with E-state index in [1.165, 1.54) is 18.4 Å². The molecule has 0 aliphatic carbocycles. The number of likely N-dealkylation sites (tertiary alicyclic amines) is 2. The number of hydrogen-bond acceptors (Lipinski definition) is 5. The van der Waals surface area contributed by atoms with E-state index < -0.39 is 28.0 Å². The second-order valence-electron chi connectivity index (χ2n) is 10.2. The Morgan fingerprint density at radius 1 is 1.06 bits per heavy atom.